The number of carboxylic acids is 2. The van der Waals surface area contributed by atoms with Crippen LogP contribution in [0.2, 0.25) is 0 Å². The number of ether oxygens (including phenoxy) is 4. The lowest BCUT2D eigenvalue weighted by Gasteiger charge is -2.27. The Kier molecular flexibility index (Phi) is 10.7. The van der Waals surface area contributed by atoms with E-state index >= 15 is 0 Å². The molecule has 10 heteroatoms. The molecule has 0 unspecified atom stereocenters. The van der Waals surface area contributed by atoms with Gasteiger partial charge in [-0.3, -0.25) is 9.59 Å². The fraction of sp³-hybridized carbons (Fsp3) is 0.733. The summed E-state index contributed by atoms with van der Waals surface area (Å²) in [5, 5.41) is 18.1. The predicted octanol–water partition coefficient (Wildman–Crippen LogP) is 2.05. The Morgan fingerprint density at radius 3 is 1.68 bits per heavy atom. The molecule has 0 saturated carbocycles. The van der Waals surface area contributed by atoms with Crippen LogP contribution >= 0.6 is 0 Å². The Morgan fingerprint density at radius 1 is 0.800 bits per heavy atom. The lowest BCUT2D eigenvalue weighted by molar-refractivity contribution is -0.156. The summed E-state index contributed by atoms with van der Waals surface area (Å²) in [5.41, 5.74) is -1.64. The van der Waals surface area contributed by atoms with Crippen LogP contribution in [0.3, 0.4) is 0 Å². The first-order valence-electron chi connectivity index (χ1n) is 7.64. The van der Waals surface area contributed by atoms with Gasteiger partial charge in [-0.2, -0.15) is 0 Å². The summed E-state index contributed by atoms with van der Waals surface area (Å²) in [6.45, 7) is -1.08. The third kappa shape index (κ3) is 9.38. The Labute approximate surface area is 145 Å². The van der Waals surface area contributed by atoms with E-state index in [1.165, 1.54) is 0 Å². The molecule has 2 N–H and O–H groups in total. The maximum Gasteiger partial charge on any atom is 0.508 e. The molecular weight excluding hydrogens is 340 g/mol. The highest BCUT2D eigenvalue weighted by Crippen LogP contribution is 2.28. The summed E-state index contributed by atoms with van der Waals surface area (Å²) in [7, 11) is 2.16. The molecule has 0 aromatic carbocycles. The SMILES string of the molecule is COC(=O)OCC(CCCCCCC(=O)O)(COC(=O)OC)C(=O)O. The minimum atomic E-state index is -1.64. The molecule has 0 aliphatic rings. The molecular formula is C15H24O10. The molecule has 0 bridgehead atoms. The van der Waals surface area contributed by atoms with Gasteiger partial charge >= 0.3 is 24.2 Å². The average Bonchev–Trinajstić information content (AvgIpc) is 2.58. The largest absolute Gasteiger partial charge is 0.508 e. The Morgan fingerprint density at radius 2 is 1.28 bits per heavy atom. The molecule has 0 radical (unpaired) electrons. The number of carbonyl (C=O) groups is 4. The number of rotatable bonds is 12. The zero-order valence-electron chi connectivity index (χ0n) is 14.3. The van der Waals surface area contributed by atoms with Crippen molar-refractivity contribution in [1.29, 1.82) is 0 Å². The molecule has 0 amide bonds. The number of hydrogen-bond acceptors (Lipinski definition) is 8. The molecule has 0 atom stereocenters. The van der Waals surface area contributed by atoms with Crippen LogP contribution in [0.4, 0.5) is 9.59 Å². The molecule has 0 heterocycles. The second kappa shape index (κ2) is 11.9. The zero-order chi connectivity index (χ0) is 19.3. The lowest BCUT2D eigenvalue weighted by atomic mass is 9.84. The van der Waals surface area contributed by atoms with Gasteiger partial charge in [0.25, 0.3) is 0 Å². The first-order chi connectivity index (χ1) is 11.8. The molecule has 0 spiro atoms. The fourth-order valence-electron chi connectivity index (χ4n) is 2.02. The van der Waals surface area contributed by atoms with E-state index in [9.17, 15) is 24.3 Å². The summed E-state index contributed by atoms with van der Waals surface area (Å²) >= 11 is 0. The number of carbonyl (C=O) groups excluding carboxylic acids is 2. The van der Waals surface area contributed by atoms with Crippen LogP contribution in [0.25, 0.3) is 0 Å². The van der Waals surface area contributed by atoms with Crippen LogP contribution in [0.5, 0.6) is 0 Å². The van der Waals surface area contributed by atoms with Crippen LogP contribution in [0, 0.1) is 5.41 Å². The molecule has 144 valence electrons. The smallest absolute Gasteiger partial charge is 0.481 e. The van der Waals surface area contributed by atoms with E-state index in [2.05, 4.69) is 9.47 Å². The van der Waals surface area contributed by atoms with Gasteiger partial charge in [0, 0.05) is 6.42 Å². The Bertz CT molecular complexity index is 439. The number of unbranched alkanes of at least 4 members (excludes halogenated alkanes) is 3. The van der Waals surface area contributed by atoms with Gasteiger partial charge in [0.2, 0.25) is 0 Å². The van der Waals surface area contributed by atoms with E-state index in [4.69, 9.17) is 14.6 Å². The van der Waals surface area contributed by atoms with Crippen LogP contribution in [0.15, 0.2) is 0 Å². The predicted molar refractivity (Wildman–Crippen MR) is 82.1 cm³/mol. The van der Waals surface area contributed by atoms with E-state index in [0.717, 1.165) is 14.2 Å². The van der Waals surface area contributed by atoms with Gasteiger partial charge in [0.05, 0.1) is 14.2 Å². The van der Waals surface area contributed by atoms with Crippen molar-refractivity contribution in [3.8, 4) is 0 Å². The number of hydrogen-bond donors (Lipinski definition) is 2. The Hall–Kier alpha value is -2.52. The van der Waals surface area contributed by atoms with Crippen LogP contribution in [-0.2, 0) is 28.5 Å². The van der Waals surface area contributed by atoms with Crippen molar-refractivity contribution < 1.29 is 48.3 Å². The lowest BCUT2D eigenvalue weighted by Crippen LogP contribution is -2.41. The average molecular weight is 364 g/mol. The zero-order valence-corrected chi connectivity index (χ0v) is 14.3. The molecule has 0 saturated heterocycles. The van der Waals surface area contributed by atoms with Crippen LogP contribution in [-0.4, -0.2) is 61.9 Å². The van der Waals surface area contributed by atoms with Crippen molar-refractivity contribution in [3.05, 3.63) is 0 Å². The molecule has 0 fully saturated rings. The van der Waals surface area contributed by atoms with Crippen molar-refractivity contribution in [2.75, 3.05) is 27.4 Å². The second-order valence-corrected chi connectivity index (χ2v) is 5.38. The number of carboxylic acid groups (broad SMARTS) is 2. The molecule has 25 heavy (non-hydrogen) atoms. The highest BCUT2D eigenvalue weighted by Gasteiger charge is 2.41. The third-order valence-electron chi connectivity index (χ3n) is 3.52. The number of methoxy groups -OCH3 is 2. The Balaban J connectivity index is 4.75. The molecule has 0 aromatic rings. The van der Waals surface area contributed by atoms with Gasteiger partial charge in [0.1, 0.15) is 18.6 Å². The molecule has 0 aromatic heterocycles. The van der Waals surface area contributed by atoms with Gasteiger partial charge in [-0.15, -0.1) is 0 Å². The fourth-order valence-corrected chi connectivity index (χ4v) is 2.02. The van der Waals surface area contributed by atoms with Crippen molar-refractivity contribution in [2.24, 2.45) is 5.41 Å². The topological polar surface area (TPSA) is 146 Å². The highest BCUT2D eigenvalue weighted by molar-refractivity contribution is 5.76. The first-order valence-corrected chi connectivity index (χ1v) is 7.64. The van der Waals surface area contributed by atoms with Crippen LogP contribution in [0.1, 0.15) is 38.5 Å². The maximum atomic E-state index is 11.7. The highest BCUT2D eigenvalue weighted by atomic mass is 16.7. The quantitative estimate of drug-likeness (QED) is 0.389. The standard InChI is InChI=1S/C15H24O10/c1-22-13(20)24-9-15(12(18)19,10-25-14(21)23-2)8-6-4-3-5-7-11(16)17/h3-10H2,1-2H3,(H,16,17)(H,18,19). The summed E-state index contributed by atoms with van der Waals surface area (Å²) < 4.78 is 18.1. The molecule has 0 aliphatic heterocycles. The van der Waals surface area contributed by atoms with Gasteiger partial charge in [-0.25, -0.2) is 9.59 Å². The maximum absolute atomic E-state index is 11.7. The van der Waals surface area contributed by atoms with E-state index in [1.807, 2.05) is 0 Å². The van der Waals surface area contributed by atoms with E-state index in [1.54, 1.807) is 0 Å². The van der Waals surface area contributed by atoms with Gasteiger partial charge in [0.15, 0.2) is 0 Å². The molecule has 10 nitrogen and oxygen atoms in total. The van der Waals surface area contributed by atoms with Crippen molar-refractivity contribution >= 4 is 24.2 Å². The molecule has 0 rings (SSSR count). The first kappa shape index (κ1) is 22.5. The van der Waals surface area contributed by atoms with Gasteiger partial charge in [-0.05, 0) is 12.8 Å². The van der Waals surface area contributed by atoms with Gasteiger partial charge in [-0.1, -0.05) is 19.3 Å². The van der Waals surface area contributed by atoms with Gasteiger partial charge < -0.3 is 29.2 Å². The van der Waals surface area contributed by atoms with Crippen LogP contribution < -0.4 is 0 Å². The minimum Gasteiger partial charge on any atom is -0.481 e. The second-order valence-electron chi connectivity index (χ2n) is 5.38. The summed E-state index contributed by atoms with van der Waals surface area (Å²) in [6, 6.07) is 0. The van der Waals surface area contributed by atoms with E-state index in [-0.39, 0.29) is 12.8 Å². The summed E-state index contributed by atoms with van der Waals surface area (Å²) in [6.07, 6.45) is 0.0875. The minimum absolute atomic E-state index is 0.0426. The summed E-state index contributed by atoms with van der Waals surface area (Å²) in [4.78, 5) is 44.4. The monoisotopic (exact) mass is 364 g/mol. The van der Waals surface area contributed by atoms with Crippen molar-refractivity contribution in [1.82, 2.24) is 0 Å². The molecule has 0 aliphatic carbocycles. The number of aliphatic carboxylic acids is 2. The van der Waals surface area contributed by atoms with E-state index in [0.29, 0.717) is 25.7 Å². The normalized spacial score (nSPS) is 10.6. The van der Waals surface area contributed by atoms with Crippen molar-refractivity contribution in [2.45, 2.75) is 38.5 Å². The van der Waals surface area contributed by atoms with E-state index < -0.39 is 42.9 Å². The van der Waals surface area contributed by atoms with Crippen molar-refractivity contribution in [3.63, 3.8) is 0 Å². The summed E-state index contributed by atoms with van der Waals surface area (Å²) in [5.74, 6) is -2.19. The third-order valence-corrected chi connectivity index (χ3v) is 3.52.